The first kappa shape index (κ1) is 19.8. The van der Waals surface area contributed by atoms with Crippen LogP contribution < -0.4 is 14.8 Å². The Kier molecular flexibility index (Phi) is 6.05. The Morgan fingerprint density at radius 3 is 2.41 bits per heavy atom. The van der Waals surface area contributed by atoms with E-state index in [1.165, 1.54) is 24.8 Å². The summed E-state index contributed by atoms with van der Waals surface area (Å²) in [4.78, 5) is 15.6. The zero-order valence-electron chi connectivity index (χ0n) is 17.3. The third-order valence-electron chi connectivity index (χ3n) is 6.32. The Balaban J connectivity index is 1.43. The molecule has 2 aliphatic heterocycles. The van der Waals surface area contributed by atoms with E-state index >= 15 is 0 Å². The average Bonchev–Trinajstić information content (AvgIpc) is 2.74. The fourth-order valence-corrected chi connectivity index (χ4v) is 4.90. The van der Waals surface area contributed by atoms with E-state index in [9.17, 15) is 4.79 Å². The number of rotatable bonds is 6. The van der Waals surface area contributed by atoms with Crippen LogP contribution in [0.2, 0.25) is 0 Å². The number of benzene rings is 2. The third kappa shape index (κ3) is 4.40. The van der Waals surface area contributed by atoms with Gasteiger partial charge in [-0.15, -0.1) is 0 Å². The lowest BCUT2D eigenvalue weighted by molar-refractivity contribution is 0.0177. The van der Waals surface area contributed by atoms with Gasteiger partial charge < -0.3 is 14.8 Å². The van der Waals surface area contributed by atoms with E-state index in [1.807, 2.05) is 0 Å². The summed E-state index contributed by atoms with van der Waals surface area (Å²) in [6.45, 7) is 1.00. The maximum Gasteiger partial charge on any atom is 0.255 e. The lowest BCUT2D eigenvalue weighted by atomic mass is 9.81. The molecule has 29 heavy (non-hydrogen) atoms. The van der Waals surface area contributed by atoms with Crippen LogP contribution in [0.4, 0.5) is 0 Å². The molecule has 1 N–H and O–H groups in total. The number of fused-ring (bicyclic) bond motifs is 2. The molecule has 2 bridgehead atoms. The van der Waals surface area contributed by atoms with Gasteiger partial charge in [0.15, 0.2) is 0 Å². The fraction of sp³-hybridized carbons (Fsp3) is 0.458. The van der Waals surface area contributed by atoms with Gasteiger partial charge in [-0.25, -0.2) is 0 Å². The first-order valence-electron chi connectivity index (χ1n) is 10.5. The van der Waals surface area contributed by atoms with Gasteiger partial charge in [0.1, 0.15) is 11.5 Å². The van der Waals surface area contributed by atoms with Crippen molar-refractivity contribution in [3.05, 3.63) is 59.7 Å². The molecule has 2 aliphatic rings. The molecule has 2 fully saturated rings. The summed E-state index contributed by atoms with van der Waals surface area (Å²) in [5.41, 5.74) is 1.93. The Bertz CT molecular complexity index is 825. The van der Waals surface area contributed by atoms with E-state index in [4.69, 9.17) is 9.47 Å². The first-order chi connectivity index (χ1) is 14.2. The highest BCUT2D eigenvalue weighted by Crippen LogP contribution is 2.35. The maximum absolute atomic E-state index is 12.9. The van der Waals surface area contributed by atoms with Crippen LogP contribution in [0, 0.1) is 0 Å². The van der Waals surface area contributed by atoms with Crippen molar-refractivity contribution in [3.63, 3.8) is 0 Å². The summed E-state index contributed by atoms with van der Waals surface area (Å²) in [5.74, 6) is 1.16. The minimum Gasteiger partial charge on any atom is -0.497 e. The molecule has 0 aromatic heterocycles. The van der Waals surface area contributed by atoms with Gasteiger partial charge in [-0.2, -0.15) is 0 Å². The second-order valence-electron chi connectivity index (χ2n) is 8.10. The van der Waals surface area contributed by atoms with E-state index in [2.05, 4.69) is 40.5 Å². The molecule has 1 amide bonds. The van der Waals surface area contributed by atoms with Crippen molar-refractivity contribution < 1.29 is 14.3 Å². The van der Waals surface area contributed by atoms with Crippen LogP contribution in [0.5, 0.6) is 11.5 Å². The van der Waals surface area contributed by atoms with E-state index in [-0.39, 0.29) is 11.9 Å². The molecule has 0 saturated carbocycles. The molecule has 4 rings (SSSR count). The lowest BCUT2D eigenvalue weighted by Crippen LogP contribution is -2.56. The quantitative estimate of drug-likeness (QED) is 0.804. The van der Waals surface area contributed by atoms with Crippen molar-refractivity contribution in [2.24, 2.45) is 0 Å². The molecule has 2 atom stereocenters. The van der Waals surface area contributed by atoms with Crippen LogP contribution in [0.25, 0.3) is 0 Å². The Hall–Kier alpha value is -2.53. The lowest BCUT2D eigenvalue weighted by Gasteiger charge is -2.49. The number of carbonyl (C=O) groups excluding carboxylic acids is 1. The summed E-state index contributed by atoms with van der Waals surface area (Å²) < 4.78 is 10.6. The van der Waals surface area contributed by atoms with Crippen LogP contribution in [-0.2, 0) is 6.54 Å². The number of ether oxygens (including phenoxy) is 2. The van der Waals surface area contributed by atoms with Crippen molar-refractivity contribution in [1.29, 1.82) is 0 Å². The van der Waals surface area contributed by atoms with Crippen LogP contribution in [0.1, 0.15) is 48.0 Å². The molecule has 0 aliphatic carbocycles. The van der Waals surface area contributed by atoms with Gasteiger partial charge in [0, 0.05) is 30.7 Å². The highest BCUT2D eigenvalue weighted by molar-refractivity contribution is 5.97. The van der Waals surface area contributed by atoms with E-state index in [1.54, 1.807) is 32.4 Å². The highest BCUT2D eigenvalue weighted by Gasteiger charge is 2.38. The smallest absolute Gasteiger partial charge is 0.255 e. The Labute approximate surface area is 173 Å². The number of nitrogens with one attached hydrogen (secondary N) is 1. The number of piperidine rings is 2. The zero-order chi connectivity index (χ0) is 20.2. The molecule has 2 heterocycles. The molecule has 2 aromatic rings. The van der Waals surface area contributed by atoms with Crippen molar-refractivity contribution >= 4 is 5.91 Å². The number of carbonyl (C=O) groups is 1. The molecule has 5 heteroatoms. The molecular formula is C24H30N2O3. The van der Waals surface area contributed by atoms with Crippen molar-refractivity contribution in [3.8, 4) is 11.5 Å². The first-order valence-corrected chi connectivity index (χ1v) is 10.5. The summed E-state index contributed by atoms with van der Waals surface area (Å²) in [7, 11) is 3.19. The molecule has 0 unspecified atom stereocenters. The fourth-order valence-electron chi connectivity index (χ4n) is 4.90. The second kappa shape index (κ2) is 8.87. The summed E-state index contributed by atoms with van der Waals surface area (Å²) >= 11 is 0. The van der Waals surface area contributed by atoms with Gasteiger partial charge >= 0.3 is 0 Å². The number of nitrogens with zero attached hydrogens (tertiary/aromatic N) is 1. The normalized spacial score (nSPS) is 24.0. The molecule has 0 radical (unpaired) electrons. The van der Waals surface area contributed by atoms with Gasteiger partial charge in [-0.1, -0.05) is 36.8 Å². The van der Waals surface area contributed by atoms with E-state index < -0.39 is 0 Å². The summed E-state index contributed by atoms with van der Waals surface area (Å²) in [6.07, 6.45) is 5.72. The largest absolute Gasteiger partial charge is 0.497 e. The minimum atomic E-state index is -0.0657. The highest BCUT2D eigenvalue weighted by atomic mass is 16.5. The monoisotopic (exact) mass is 394 g/mol. The van der Waals surface area contributed by atoms with Crippen LogP contribution in [0.15, 0.2) is 48.5 Å². The van der Waals surface area contributed by atoms with Gasteiger partial charge in [0.2, 0.25) is 0 Å². The summed E-state index contributed by atoms with van der Waals surface area (Å²) in [6, 6.07) is 17.3. The Morgan fingerprint density at radius 2 is 1.76 bits per heavy atom. The van der Waals surface area contributed by atoms with Crippen molar-refractivity contribution in [2.45, 2.75) is 56.8 Å². The molecule has 0 spiro atoms. The molecule has 2 aromatic carbocycles. The van der Waals surface area contributed by atoms with E-state index in [0.29, 0.717) is 29.1 Å². The maximum atomic E-state index is 12.9. The molecule has 154 valence electrons. The number of methoxy groups -OCH3 is 2. The van der Waals surface area contributed by atoms with Crippen LogP contribution in [0.3, 0.4) is 0 Å². The zero-order valence-corrected chi connectivity index (χ0v) is 17.3. The van der Waals surface area contributed by atoms with Gasteiger partial charge in [0.05, 0.1) is 19.8 Å². The standard InChI is InChI=1S/C24H30N2O3/c1-28-21-11-12-22(23(15-21)29-2)24(27)25-18-13-19-9-6-10-20(14-18)26(19)16-17-7-4-3-5-8-17/h3-5,7-8,11-12,15,18-20H,6,9-10,13-14,16H2,1-2H3,(H,25,27)/t19-,20-/m1/s1. The minimum absolute atomic E-state index is 0.0657. The van der Waals surface area contributed by atoms with Gasteiger partial charge in [-0.3, -0.25) is 9.69 Å². The average molecular weight is 395 g/mol. The topological polar surface area (TPSA) is 50.8 Å². The molecule has 2 saturated heterocycles. The van der Waals surface area contributed by atoms with Crippen molar-refractivity contribution in [2.75, 3.05) is 14.2 Å². The number of hydrogen-bond donors (Lipinski definition) is 1. The predicted octanol–water partition coefficient (Wildman–Crippen LogP) is 4.02. The number of hydrogen-bond acceptors (Lipinski definition) is 4. The van der Waals surface area contributed by atoms with E-state index in [0.717, 1.165) is 19.4 Å². The predicted molar refractivity (Wildman–Crippen MR) is 113 cm³/mol. The number of amides is 1. The van der Waals surface area contributed by atoms with Gasteiger partial charge in [0.25, 0.3) is 5.91 Å². The molecule has 5 nitrogen and oxygen atoms in total. The van der Waals surface area contributed by atoms with Crippen LogP contribution >= 0.6 is 0 Å². The second-order valence-corrected chi connectivity index (χ2v) is 8.10. The van der Waals surface area contributed by atoms with Gasteiger partial charge in [-0.05, 0) is 43.4 Å². The summed E-state index contributed by atoms with van der Waals surface area (Å²) in [5, 5.41) is 3.27. The third-order valence-corrected chi connectivity index (χ3v) is 6.32. The molecular weight excluding hydrogens is 364 g/mol. The van der Waals surface area contributed by atoms with Crippen molar-refractivity contribution in [1.82, 2.24) is 10.2 Å². The SMILES string of the molecule is COc1ccc(C(=O)NC2C[C@H]3CCC[C@H](C2)N3Cc2ccccc2)c(OC)c1. The Morgan fingerprint density at radius 1 is 1.03 bits per heavy atom. The van der Waals surface area contributed by atoms with Crippen LogP contribution in [-0.4, -0.2) is 43.2 Å².